The molecule has 2 rings (SSSR count). The SMILES string of the molecule is O=C(Nc1ccc(C(F)(F)F)cc1)c1cc(Cl)ccc1[N+](=O)[O-]. The second kappa shape index (κ2) is 6.25. The lowest BCUT2D eigenvalue weighted by atomic mass is 10.1. The molecule has 1 amide bonds. The molecule has 0 aromatic heterocycles. The van der Waals surface area contributed by atoms with E-state index in [0.717, 1.165) is 36.4 Å². The first-order valence-corrected chi connectivity index (χ1v) is 6.49. The average molecular weight is 345 g/mol. The Morgan fingerprint density at radius 2 is 1.74 bits per heavy atom. The topological polar surface area (TPSA) is 72.2 Å². The Balaban J connectivity index is 2.26. The van der Waals surface area contributed by atoms with E-state index in [9.17, 15) is 28.1 Å². The van der Waals surface area contributed by atoms with Gasteiger partial charge >= 0.3 is 6.18 Å². The molecule has 1 N–H and O–H groups in total. The molecule has 0 saturated carbocycles. The molecule has 0 fully saturated rings. The van der Waals surface area contributed by atoms with Gasteiger partial charge < -0.3 is 5.32 Å². The fourth-order valence-electron chi connectivity index (χ4n) is 1.79. The monoisotopic (exact) mass is 344 g/mol. The van der Waals surface area contributed by atoms with Gasteiger partial charge in [0.15, 0.2) is 0 Å². The minimum absolute atomic E-state index is 0.0669. The van der Waals surface area contributed by atoms with Crippen LogP contribution in [0.5, 0.6) is 0 Å². The number of hydrogen-bond donors (Lipinski definition) is 1. The largest absolute Gasteiger partial charge is 0.416 e. The normalized spacial score (nSPS) is 11.1. The van der Waals surface area contributed by atoms with Crippen molar-refractivity contribution >= 4 is 28.9 Å². The van der Waals surface area contributed by atoms with Gasteiger partial charge in [0.05, 0.1) is 10.5 Å². The van der Waals surface area contributed by atoms with Gasteiger partial charge in [-0.2, -0.15) is 13.2 Å². The Morgan fingerprint density at radius 3 is 2.26 bits per heavy atom. The Morgan fingerprint density at radius 1 is 1.13 bits per heavy atom. The number of amides is 1. The summed E-state index contributed by atoms with van der Waals surface area (Å²) in [6.07, 6.45) is -4.49. The number of nitro benzene ring substituents is 1. The lowest BCUT2D eigenvalue weighted by molar-refractivity contribution is -0.385. The van der Waals surface area contributed by atoms with E-state index in [4.69, 9.17) is 11.6 Å². The number of nitrogens with one attached hydrogen (secondary N) is 1. The molecule has 0 aliphatic heterocycles. The van der Waals surface area contributed by atoms with E-state index < -0.39 is 28.3 Å². The number of nitrogens with zero attached hydrogens (tertiary/aromatic N) is 1. The number of rotatable bonds is 3. The third kappa shape index (κ3) is 3.98. The fourth-order valence-corrected chi connectivity index (χ4v) is 1.96. The number of carbonyl (C=O) groups excluding carboxylic acids is 1. The summed E-state index contributed by atoms with van der Waals surface area (Å²) in [4.78, 5) is 22.2. The molecular formula is C14H8ClF3N2O3. The number of nitro groups is 1. The van der Waals surface area contributed by atoms with Gasteiger partial charge in [0.1, 0.15) is 5.56 Å². The molecule has 23 heavy (non-hydrogen) atoms. The molecule has 0 saturated heterocycles. The van der Waals surface area contributed by atoms with Gasteiger partial charge in [-0.05, 0) is 36.4 Å². The van der Waals surface area contributed by atoms with Crippen LogP contribution in [-0.4, -0.2) is 10.8 Å². The third-order valence-corrected chi connectivity index (χ3v) is 3.11. The number of alkyl halides is 3. The number of hydrogen-bond acceptors (Lipinski definition) is 3. The lowest BCUT2D eigenvalue weighted by Crippen LogP contribution is -2.14. The molecule has 2 aromatic rings. The van der Waals surface area contributed by atoms with Crippen molar-refractivity contribution in [2.45, 2.75) is 6.18 Å². The van der Waals surface area contributed by atoms with E-state index in [0.29, 0.717) is 0 Å². The first kappa shape index (κ1) is 16.8. The summed E-state index contributed by atoms with van der Waals surface area (Å²) in [5.74, 6) is -0.848. The molecule has 0 bridgehead atoms. The molecule has 0 spiro atoms. The van der Waals surface area contributed by atoms with Crippen molar-refractivity contribution in [2.24, 2.45) is 0 Å². The van der Waals surface area contributed by atoms with Crippen molar-refractivity contribution in [3.05, 3.63) is 68.7 Å². The second-order valence-corrected chi connectivity index (χ2v) is 4.88. The molecule has 5 nitrogen and oxygen atoms in total. The highest BCUT2D eigenvalue weighted by molar-refractivity contribution is 6.31. The van der Waals surface area contributed by atoms with Gasteiger partial charge in [-0.1, -0.05) is 11.6 Å². The van der Waals surface area contributed by atoms with Gasteiger partial charge in [0, 0.05) is 16.8 Å². The average Bonchev–Trinajstić information content (AvgIpc) is 2.46. The van der Waals surface area contributed by atoms with Crippen LogP contribution in [0.25, 0.3) is 0 Å². The Labute approximate surface area is 132 Å². The Hall–Kier alpha value is -2.61. The zero-order valence-electron chi connectivity index (χ0n) is 11.2. The van der Waals surface area contributed by atoms with E-state index in [-0.39, 0.29) is 16.3 Å². The smallest absolute Gasteiger partial charge is 0.322 e. The molecule has 0 radical (unpaired) electrons. The van der Waals surface area contributed by atoms with Crippen LogP contribution in [0.3, 0.4) is 0 Å². The summed E-state index contributed by atoms with van der Waals surface area (Å²) < 4.78 is 37.4. The van der Waals surface area contributed by atoms with Crippen molar-refractivity contribution in [1.29, 1.82) is 0 Å². The quantitative estimate of drug-likeness (QED) is 0.657. The third-order valence-electron chi connectivity index (χ3n) is 2.87. The molecule has 0 unspecified atom stereocenters. The van der Waals surface area contributed by atoms with Crippen LogP contribution in [-0.2, 0) is 6.18 Å². The van der Waals surface area contributed by atoms with Gasteiger partial charge in [-0.3, -0.25) is 14.9 Å². The van der Waals surface area contributed by atoms with E-state index in [2.05, 4.69) is 5.32 Å². The van der Waals surface area contributed by atoms with Gasteiger partial charge in [0.25, 0.3) is 11.6 Å². The molecule has 0 atom stereocenters. The summed E-state index contributed by atoms with van der Waals surface area (Å²) in [6, 6.07) is 7.13. The van der Waals surface area contributed by atoms with E-state index >= 15 is 0 Å². The highest BCUT2D eigenvalue weighted by Gasteiger charge is 2.30. The van der Waals surface area contributed by atoms with Crippen LogP contribution in [0.4, 0.5) is 24.5 Å². The zero-order valence-corrected chi connectivity index (χ0v) is 12.0. The Kier molecular flexibility index (Phi) is 4.55. The lowest BCUT2D eigenvalue weighted by Gasteiger charge is -2.09. The molecule has 9 heteroatoms. The number of anilines is 1. The summed E-state index contributed by atoms with van der Waals surface area (Å²) in [6.45, 7) is 0. The van der Waals surface area contributed by atoms with E-state index in [1.165, 1.54) is 6.07 Å². The molecular weight excluding hydrogens is 337 g/mol. The van der Waals surface area contributed by atoms with Gasteiger partial charge in [0.2, 0.25) is 0 Å². The van der Waals surface area contributed by atoms with Crippen molar-refractivity contribution in [2.75, 3.05) is 5.32 Å². The van der Waals surface area contributed by atoms with Crippen molar-refractivity contribution in [3.63, 3.8) is 0 Å². The molecule has 2 aromatic carbocycles. The standard InChI is InChI=1S/C14H8ClF3N2O3/c15-9-3-6-12(20(22)23)11(7-9)13(21)19-10-4-1-8(2-5-10)14(16,17)18/h1-7H,(H,19,21). The predicted molar refractivity (Wildman–Crippen MR) is 77.5 cm³/mol. The molecule has 120 valence electrons. The zero-order chi connectivity index (χ0) is 17.2. The summed E-state index contributed by atoms with van der Waals surface area (Å²) in [7, 11) is 0. The first-order chi connectivity index (χ1) is 10.7. The highest BCUT2D eigenvalue weighted by Crippen LogP contribution is 2.30. The van der Waals surface area contributed by atoms with Gasteiger partial charge in [-0.15, -0.1) is 0 Å². The predicted octanol–water partition coefficient (Wildman–Crippen LogP) is 4.52. The van der Waals surface area contributed by atoms with E-state index in [1.54, 1.807) is 0 Å². The van der Waals surface area contributed by atoms with Crippen LogP contribution >= 0.6 is 11.6 Å². The van der Waals surface area contributed by atoms with E-state index in [1.807, 2.05) is 0 Å². The van der Waals surface area contributed by atoms with Crippen LogP contribution in [0, 0.1) is 10.1 Å². The van der Waals surface area contributed by atoms with Crippen LogP contribution in [0.2, 0.25) is 5.02 Å². The minimum Gasteiger partial charge on any atom is -0.322 e. The molecule has 0 aliphatic carbocycles. The number of halogens is 4. The minimum atomic E-state index is -4.49. The number of carbonyl (C=O) groups is 1. The van der Waals surface area contributed by atoms with Crippen molar-refractivity contribution in [3.8, 4) is 0 Å². The van der Waals surface area contributed by atoms with Gasteiger partial charge in [-0.25, -0.2) is 0 Å². The van der Waals surface area contributed by atoms with Crippen LogP contribution in [0.1, 0.15) is 15.9 Å². The maximum Gasteiger partial charge on any atom is 0.416 e. The van der Waals surface area contributed by atoms with Crippen LogP contribution in [0.15, 0.2) is 42.5 Å². The first-order valence-electron chi connectivity index (χ1n) is 6.11. The maximum atomic E-state index is 12.5. The summed E-state index contributed by atoms with van der Waals surface area (Å²) in [5, 5.41) is 13.3. The number of benzene rings is 2. The second-order valence-electron chi connectivity index (χ2n) is 4.45. The van der Waals surface area contributed by atoms with Crippen molar-refractivity contribution < 1.29 is 22.9 Å². The van der Waals surface area contributed by atoms with Crippen LogP contribution < -0.4 is 5.32 Å². The molecule has 0 aliphatic rings. The fraction of sp³-hybridized carbons (Fsp3) is 0.0714. The highest BCUT2D eigenvalue weighted by atomic mass is 35.5. The maximum absolute atomic E-state index is 12.5. The Bertz CT molecular complexity index is 761. The van der Waals surface area contributed by atoms with Crippen molar-refractivity contribution in [1.82, 2.24) is 0 Å². The summed E-state index contributed by atoms with van der Waals surface area (Å²) >= 11 is 5.71. The molecule has 0 heterocycles. The summed E-state index contributed by atoms with van der Waals surface area (Å²) in [5.41, 5.74) is -1.55.